The van der Waals surface area contributed by atoms with Crippen molar-refractivity contribution in [3.8, 4) is 0 Å². The smallest absolute Gasteiger partial charge is 0.0667 e. The molecule has 86 valence electrons. The predicted molar refractivity (Wildman–Crippen MR) is 59.2 cm³/mol. The van der Waals surface area contributed by atoms with Gasteiger partial charge in [0, 0.05) is 19.2 Å². The van der Waals surface area contributed by atoms with Gasteiger partial charge >= 0.3 is 0 Å². The zero-order valence-corrected chi connectivity index (χ0v) is 9.66. The Balaban J connectivity index is 3.40. The molecular weight excluding hydrogens is 178 g/mol. The molecule has 0 spiro atoms. The maximum absolute atomic E-state index is 9.58. The first-order valence-electron chi connectivity index (χ1n) is 5.58. The lowest BCUT2D eigenvalue weighted by molar-refractivity contribution is 0.142. The van der Waals surface area contributed by atoms with Crippen LogP contribution in [0.1, 0.15) is 40.0 Å². The summed E-state index contributed by atoms with van der Waals surface area (Å²) in [6, 6.07) is 0.379. The Labute approximate surface area is 87.5 Å². The molecule has 0 heterocycles. The molecule has 0 aliphatic carbocycles. The Bertz CT molecular complexity index is 128. The zero-order valence-electron chi connectivity index (χ0n) is 9.66. The van der Waals surface area contributed by atoms with E-state index in [0.29, 0.717) is 18.5 Å². The van der Waals surface area contributed by atoms with E-state index in [1.54, 1.807) is 0 Å². The quantitative estimate of drug-likeness (QED) is 0.554. The number of aliphatic hydroxyl groups excluding tert-OH is 2. The van der Waals surface area contributed by atoms with Crippen molar-refractivity contribution >= 4 is 0 Å². The molecule has 3 N–H and O–H groups in total. The zero-order chi connectivity index (χ0) is 11.0. The molecule has 3 nitrogen and oxygen atoms in total. The summed E-state index contributed by atoms with van der Waals surface area (Å²) < 4.78 is 0. The predicted octanol–water partition coefficient (Wildman–Crippen LogP) is 1.14. The topological polar surface area (TPSA) is 52.5 Å². The molecule has 0 saturated carbocycles. The van der Waals surface area contributed by atoms with Gasteiger partial charge in [0.05, 0.1) is 6.10 Å². The van der Waals surface area contributed by atoms with Gasteiger partial charge in [0.2, 0.25) is 0 Å². The Kier molecular flexibility index (Phi) is 8.14. The lowest BCUT2D eigenvalue weighted by Gasteiger charge is -2.17. The molecule has 0 aromatic heterocycles. The Morgan fingerprint density at radius 3 is 2.36 bits per heavy atom. The number of rotatable bonds is 8. The van der Waals surface area contributed by atoms with Gasteiger partial charge in [0.1, 0.15) is 0 Å². The Hall–Kier alpha value is -0.120. The van der Waals surface area contributed by atoms with Crippen molar-refractivity contribution in [2.24, 2.45) is 5.92 Å². The van der Waals surface area contributed by atoms with Crippen molar-refractivity contribution < 1.29 is 10.2 Å². The molecular formula is C11H25NO2. The van der Waals surface area contributed by atoms with Gasteiger partial charge in [-0.2, -0.15) is 0 Å². The summed E-state index contributed by atoms with van der Waals surface area (Å²) in [6.07, 6.45) is 2.39. The molecule has 0 aromatic carbocycles. The molecule has 0 fully saturated rings. The van der Waals surface area contributed by atoms with Gasteiger partial charge in [-0.3, -0.25) is 0 Å². The fourth-order valence-corrected chi connectivity index (χ4v) is 1.46. The average molecular weight is 203 g/mol. The number of hydrogen-bond donors (Lipinski definition) is 3. The van der Waals surface area contributed by atoms with Crippen molar-refractivity contribution in [2.45, 2.75) is 52.2 Å². The maximum Gasteiger partial charge on any atom is 0.0667 e. The Morgan fingerprint density at radius 2 is 1.86 bits per heavy atom. The second-order valence-corrected chi connectivity index (χ2v) is 4.46. The minimum Gasteiger partial charge on any atom is -0.396 e. The van der Waals surface area contributed by atoms with Crippen LogP contribution in [0.5, 0.6) is 0 Å². The van der Waals surface area contributed by atoms with Crippen LogP contribution >= 0.6 is 0 Å². The van der Waals surface area contributed by atoms with Crippen LogP contribution in [-0.2, 0) is 0 Å². The lowest BCUT2D eigenvalue weighted by atomic mass is 10.1. The third kappa shape index (κ3) is 8.48. The molecule has 0 radical (unpaired) electrons. The lowest BCUT2D eigenvalue weighted by Crippen LogP contribution is -2.34. The van der Waals surface area contributed by atoms with E-state index in [0.717, 1.165) is 19.3 Å². The third-order valence-electron chi connectivity index (χ3n) is 2.24. The van der Waals surface area contributed by atoms with Crippen molar-refractivity contribution in [2.75, 3.05) is 13.2 Å². The molecule has 0 aliphatic heterocycles. The monoisotopic (exact) mass is 203 g/mol. The first kappa shape index (κ1) is 13.9. The molecule has 0 amide bonds. The van der Waals surface area contributed by atoms with Crippen LogP contribution in [0.15, 0.2) is 0 Å². The molecule has 0 rings (SSSR count). The molecule has 2 atom stereocenters. The maximum atomic E-state index is 9.58. The van der Waals surface area contributed by atoms with Crippen LogP contribution in [0, 0.1) is 5.92 Å². The van der Waals surface area contributed by atoms with E-state index in [9.17, 15) is 5.11 Å². The van der Waals surface area contributed by atoms with Gasteiger partial charge in [-0.05, 0) is 32.1 Å². The minimum atomic E-state index is -0.244. The fourth-order valence-electron chi connectivity index (χ4n) is 1.46. The normalized spacial score (nSPS) is 15.9. The van der Waals surface area contributed by atoms with Gasteiger partial charge in [-0.15, -0.1) is 0 Å². The SMILES string of the molecule is CC(C)CC(O)CNC(C)CCCO. The van der Waals surface area contributed by atoms with E-state index in [-0.39, 0.29) is 12.7 Å². The summed E-state index contributed by atoms with van der Waals surface area (Å²) >= 11 is 0. The van der Waals surface area contributed by atoms with Crippen LogP contribution in [0.25, 0.3) is 0 Å². The van der Waals surface area contributed by atoms with Crippen molar-refractivity contribution in [1.29, 1.82) is 0 Å². The highest BCUT2D eigenvalue weighted by Gasteiger charge is 2.08. The molecule has 3 heteroatoms. The molecule has 14 heavy (non-hydrogen) atoms. The summed E-state index contributed by atoms with van der Waals surface area (Å²) in [4.78, 5) is 0. The highest BCUT2D eigenvalue weighted by Crippen LogP contribution is 2.04. The van der Waals surface area contributed by atoms with Crippen LogP contribution in [0.3, 0.4) is 0 Å². The average Bonchev–Trinajstić information content (AvgIpc) is 2.10. The second-order valence-electron chi connectivity index (χ2n) is 4.46. The first-order valence-corrected chi connectivity index (χ1v) is 5.58. The summed E-state index contributed by atoms with van der Waals surface area (Å²) in [5.74, 6) is 0.541. The summed E-state index contributed by atoms with van der Waals surface area (Å²) in [5.41, 5.74) is 0. The number of aliphatic hydroxyl groups is 2. The third-order valence-corrected chi connectivity index (χ3v) is 2.24. The van der Waals surface area contributed by atoms with Crippen LogP contribution < -0.4 is 5.32 Å². The van der Waals surface area contributed by atoms with E-state index < -0.39 is 0 Å². The van der Waals surface area contributed by atoms with E-state index in [2.05, 4.69) is 26.1 Å². The number of hydrogen-bond acceptors (Lipinski definition) is 3. The van der Waals surface area contributed by atoms with Crippen LogP contribution in [0.4, 0.5) is 0 Å². The van der Waals surface area contributed by atoms with Crippen LogP contribution in [-0.4, -0.2) is 35.5 Å². The van der Waals surface area contributed by atoms with Gasteiger partial charge in [0.25, 0.3) is 0 Å². The summed E-state index contributed by atoms with van der Waals surface area (Å²) in [6.45, 7) is 7.21. The standard InChI is InChI=1S/C11H25NO2/c1-9(2)7-11(14)8-12-10(3)5-4-6-13/h9-14H,4-8H2,1-3H3. The van der Waals surface area contributed by atoms with E-state index in [1.807, 2.05) is 0 Å². The minimum absolute atomic E-state index is 0.244. The molecule has 0 aliphatic rings. The first-order chi connectivity index (χ1) is 6.56. The van der Waals surface area contributed by atoms with Gasteiger partial charge < -0.3 is 15.5 Å². The van der Waals surface area contributed by atoms with Crippen molar-refractivity contribution in [3.05, 3.63) is 0 Å². The molecule has 2 unspecified atom stereocenters. The molecule has 0 aromatic rings. The van der Waals surface area contributed by atoms with Gasteiger partial charge in [-0.25, -0.2) is 0 Å². The fraction of sp³-hybridized carbons (Fsp3) is 1.00. The second kappa shape index (κ2) is 8.21. The van der Waals surface area contributed by atoms with E-state index >= 15 is 0 Å². The largest absolute Gasteiger partial charge is 0.396 e. The van der Waals surface area contributed by atoms with Gasteiger partial charge in [0.15, 0.2) is 0 Å². The van der Waals surface area contributed by atoms with Crippen molar-refractivity contribution in [3.63, 3.8) is 0 Å². The highest BCUT2D eigenvalue weighted by atomic mass is 16.3. The molecule has 0 saturated heterocycles. The highest BCUT2D eigenvalue weighted by molar-refractivity contribution is 4.66. The molecule has 0 bridgehead atoms. The van der Waals surface area contributed by atoms with E-state index in [4.69, 9.17) is 5.11 Å². The van der Waals surface area contributed by atoms with Crippen LogP contribution in [0.2, 0.25) is 0 Å². The van der Waals surface area contributed by atoms with Gasteiger partial charge in [-0.1, -0.05) is 13.8 Å². The summed E-state index contributed by atoms with van der Waals surface area (Å²) in [5, 5.41) is 21.5. The van der Waals surface area contributed by atoms with Crippen molar-refractivity contribution in [1.82, 2.24) is 5.32 Å². The summed E-state index contributed by atoms with van der Waals surface area (Å²) in [7, 11) is 0. The Morgan fingerprint density at radius 1 is 1.21 bits per heavy atom. The number of nitrogens with one attached hydrogen (secondary N) is 1. The van der Waals surface area contributed by atoms with E-state index in [1.165, 1.54) is 0 Å².